The number of aliphatic hydroxyl groups is 1. The Hall–Kier alpha value is -2.73. The average Bonchev–Trinajstić information content (AvgIpc) is 2.67. The SMILES string of the molecule is [C-]#[N+]c1ccc(C(=O)Nc2ccc(C(C)(O)CNS(=O)(=O)C(C)C)cc2)cc1. The van der Waals surface area contributed by atoms with Gasteiger partial charge in [0.25, 0.3) is 5.91 Å². The molecule has 0 aliphatic carbocycles. The Morgan fingerprint density at radius 2 is 1.71 bits per heavy atom. The van der Waals surface area contributed by atoms with Crippen molar-refractivity contribution in [2.75, 3.05) is 11.9 Å². The molecule has 0 spiro atoms. The second kappa shape index (κ2) is 8.52. The van der Waals surface area contributed by atoms with Gasteiger partial charge in [0, 0.05) is 17.8 Å². The number of hydrogen-bond acceptors (Lipinski definition) is 4. The molecule has 7 nitrogen and oxygen atoms in total. The van der Waals surface area contributed by atoms with Crippen molar-refractivity contribution in [3.63, 3.8) is 0 Å². The van der Waals surface area contributed by atoms with E-state index in [9.17, 15) is 18.3 Å². The molecular formula is C20H23N3O4S. The van der Waals surface area contributed by atoms with E-state index in [1.807, 2.05) is 0 Å². The minimum absolute atomic E-state index is 0.160. The molecule has 0 aliphatic heterocycles. The highest BCUT2D eigenvalue weighted by Gasteiger charge is 2.26. The number of nitrogens with one attached hydrogen (secondary N) is 2. The van der Waals surface area contributed by atoms with E-state index in [1.54, 1.807) is 62.4 Å². The van der Waals surface area contributed by atoms with Gasteiger partial charge in [0.15, 0.2) is 5.69 Å². The highest BCUT2D eigenvalue weighted by Crippen LogP contribution is 2.23. The largest absolute Gasteiger partial charge is 0.384 e. The fourth-order valence-corrected chi connectivity index (χ4v) is 3.13. The second-order valence-corrected chi connectivity index (χ2v) is 9.20. The maximum atomic E-state index is 12.3. The molecular weight excluding hydrogens is 378 g/mol. The first-order valence-corrected chi connectivity index (χ1v) is 10.2. The summed E-state index contributed by atoms with van der Waals surface area (Å²) in [5, 5.41) is 12.7. The number of amides is 1. The highest BCUT2D eigenvalue weighted by molar-refractivity contribution is 7.90. The Balaban J connectivity index is 2.05. The van der Waals surface area contributed by atoms with Crippen molar-refractivity contribution in [1.82, 2.24) is 4.72 Å². The lowest BCUT2D eigenvalue weighted by atomic mass is 9.96. The summed E-state index contributed by atoms with van der Waals surface area (Å²) < 4.78 is 26.2. The molecule has 28 heavy (non-hydrogen) atoms. The van der Waals surface area contributed by atoms with Gasteiger partial charge < -0.3 is 10.4 Å². The number of carbonyl (C=O) groups is 1. The first-order chi connectivity index (χ1) is 13.0. The topological polar surface area (TPSA) is 99.9 Å². The zero-order chi connectivity index (χ0) is 20.9. The summed E-state index contributed by atoms with van der Waals surface area (Å²) in [5.74, 6) is -0.319. The van der Waals surface area contributed by atoms with Crippen LogP contribution in [0.3, 0.4) is 0 Å². The van der Waals surface area contributed by atoms with Crippen LogP contribution in [-0.4, -0.2) is 31.2 Å². The van der Waals surface area contributed by atoms with Crippen molar-refractivity contribution in [2.24, 2.45) is 0 Å². The zero-order valence-electron chi connectivity index (χ0n) is 15.9. The molecule has 0 saturated heterocycles. The lowest BCUT2D eigenvalue weighted by molar-refractivity contribution is 0.0627. The summed E-state index contributed by atoms with van der Waals surface area (Å²) in [6.07, 6.45) is 0. The predicted molar refractivity (Wildman–Crippen MR) is 109 cm³/mol. The Labute approximate surface area is 165 Å². The lowest BCUT2D eigenvalue weighted by Crippen LogP contribution is -2.41. The van der Waals surface area contributed by atoms with Gasteiger partial charge in [-0.15, -0.1) is 0 Å². The van der Waals surface area contributed by atoms with Crippen LogP contribution in [0, 0.1) is 6.57 Å². The van der Waals surface area contributed by atoms with E-state index in [4.69, 9.17) is 6.57 Å². The molecule has 0 aliphatic rings. The van der Waals surface area contributed by atoms with Crippen LogP contribution in [0.4, 0.5) is 11.4 Å². The van der Waals surface area contributed by atoms with Gasteiger partial charge in [-0.3, -0.25) is 4.79 Å². The van der Waals surface area contributed by atoms with E-state index >= 15 is 0 Å². The lowest BCUT2D eigenvalue weighted by Gasteiger charge is -2.25. The van der Waals surface area contributed by atoms with E-state index in [-0.39, 0.29) is 12.5 Å². The van der Waals surface area contributed by atoms with Crippen LogP contribution >= 0.6 is 0 Å². The van der Waals surface area contributed by atoms with Crippen LogP contribution in [0.5, 0.6) is 0 Å². The molecule has 0 bridgehead atoms. The van der Waals surface area contributed by atoms with Crippen molar-refractivity contribution in [2.45, 2.75) is 31.6 Å². The number of hydrogen-bond donors (Lipinski definition) is 3. The van der Waals surface area contributed by atoms with Crippen LogP contribution < -0.4 is 10.0 Å². The number of anilines is 1. The van der Waals surface area contributed by atoms with Crippen LogP contribution in [0.15, 0.2) is 48.5 Å². The Bertz CT molecular complexity index is 974. The molecule has 1 atom stereocenters. The number of sulfonamides is 1. The molecule has 2 aromatic rings. The molecule has 1 amide bonds. The molecule has 0 radical (unpaired) electrons. The van der Waals surface area contributed by atoms with E-state index in [0.29, 0.717) is 22.5 Å². The van der Waals surface area contributed by atoms with Crippen molar-refractivity contribution >= 4 is 27.3 Å². The third-order valence-electron chi connectivity index (χ3n) is 4.26. The number of rotatable bonds is 7. The van der Waals surface area contributed by atoms with Crippen molar-refractivity contribution in [3.8, 4) is 0 Å². The molecule has 0 heterocycles. The molecule has 0 saturated carbocycles. The third kappa shape index (κ3) is 5.39. The molecule has 0 aromatic heterocycles. The Kier molecular flexibility index (Phi) is 6.56. The summed E-state index contributed by atoms with van der Waals surface area (Å²) in [4.78, 5) is 15.5. The van der Waals surface area contributed by atoms with Crippen LogP contribution in [0.1, 0.15) is 36.7 Å². The summed E-state index contributed by atoms with van der Waals surface area (Å²) in [5.41, 5.74) is 0.516. The fraction of sp³-hybridized carbons (Fsp3) is 0.300. The third-order valence-corrected chi connectivity index (χ3v) is 6.05. The predicted octanol–water partition coefficient (Wildman–Crippen LogP) is 3.02. The average molecular weight is 401 g/mol. The molecule has 2 rings (SSSR count). The normalized spacial score (nSPS) is 13.6. The Morgan fingerprint density at radius 3 is 2.21 bits per heavy atom. The van der Waals surface area contributed by atoms with Crippen LogP contribution in [0.2, 0.25) is 0 Å². The monoisotopic (exact) mass is 401 g/mol. The minimum atomic E-state index is -3.48. The van der Waals surface area contributed by atoms with E-state index in [0.717, 1.165) is 0 Å². The fourth-order valence-electron chi connectivity index (χ4n) is 2.31. The maximum absolute atomic E-state index is 12.3. The van der Waals surface area contributed by atoms with Crippen molar-refractivity contribution in [1.29, 1.82) is 0 Å². The van der Waals surface area contributed by atoms with Crippen molar-refractivity contribution < 1.29 is 18.3 Å². The first kappa shape index (κ1) is 21.6. The van der Waals surface area contributed by atoms with E-state index in [1.165, 1.54) is 6.92 Å². The van der Waals surface area contributed by atoms with Crippen molar-refractivity contribution in [3.05, 3.63) is 71.1 Å². The number of benzene rings is 2. The number of nitrogens with zero attached hydrogens (tertiary/aromatic N) is 1. The quantitative estimate of drug-likeness (QED) is 0.621. The smallest absolute Gasteiger partial charge is 0.255 e. The first-order valence-electron chi connectivity index (χ1n) is 8.65. The standard InChI is InChI=1S/C20H23N3O4S/c1-14(2)28(26,27)22-13-20(3,25)16-7-11-18(12-8-16)23-19(24)15-5-9-17(21-4)10-6-15/h5-12,14,22,25H,13H2,1-3H3,(H,23,24). The maximum Gasteiger partial charge on any atom is 0.255 e. The molecule has 148 valence electrons. The molecule has 1 unspecified atom stereocenters. The van der Waals surface area contributed by atoms with E-state index < -0.39 is 20.9 Å². The second-order valence-electron chi connectivity index (χ2n) is 6.88. The summed E-state index contributed by atoms with van der Waals surface area (Å²) in [6, 6.07) is 12.8. The zero-order valence-corrected chi connectivity index (χ0v) is 16.7. The van der Waals surface area contributed by atoms with Gasteiger partial charge in [0.2, 0.25) is 10.0 Å². The highest BCUT2D eigenvalue weighted by atomic mass is 32.2. The summed E-state index contributed by atoms with van der Waals surface area (Å²) in [6.45, 7) is 11.4. The van der Waals surface area contributed by atoms with Gasteiger partial charge >= 0.3 is 0 Å². The van der Waals surface area contributed by atoms with Crippen LogP contribution in [-0.2, 0) is 15.6 Å². The summed E-state index contributed by atoms with van der Waals surface area (Å²) in [7, 11) is -3.48. The van der Waals surface area contributed by atoms with Gasteiger partial charge in [-0.1, -0.05) is 36.4 Å². The summed E-state index contributed by atoms with van der Waals surface area (Å²) >= 11 is 0. The van der Waals surface area contributed by atoms with Gasteiger partial charge in [-0.2, -0.15) is 0 Å². The number of carbonyl (C=O) groups excluding carboxylic acids is 1. The Morgan fingerprint density at radius 1 is 1.14 bits per heavy atom. The van der Waals surface area contributed by atoms with Gasteiger partial charge in [-0.25, -0.2) is 18.0 Å². The van der Waals surface area contributed by atoms with E-state index in [2.05, 4.69) is 14.9 Å². The van der Waals surface area contributed by atoms with Gasteiger partial charge in [0.05, 0.1) is 11.8 Å². The molecule has 2 aromatic carbocycles. The molecule has 0 fully saturated rings. The molecule has 8 heteroatoms. The van der Waals surface area contributed by atoms with Gasteiger partial charge in [-0.05, 0) is 38.5 Å². The van der Waals surface area contributed by atoms with Crippen LogP contribution in [0.25, 0.3) is 4.85 Å². The molecule has 3 N–H and O–H groups in total. The minimum Gasteiger partial charge on any atom is -0.384 e. The van der Waals surface area contributed by atoms with Gasteiger partial charge in [0.1, 0.15) is 5.60 Å².